The van der Waals surface area contributed by atoms with Crippen LogP contribution in [0.1, 0.15) is 28.4 Å². The van der Waals surface area contributed by atoms with Crippen molar-refractivity contribution < 1.29 is 22.7 Å². The topological polar surface area (TPSA) is 92.8 Å². The van der Waals surface area contributed by atoms with Gasteiger partial charge in [-0.1, -0.05) is 47.0 Å². The van der Waals surface area contributed by atoms with Crippen LogP contribution in [-0.4, -0.2) is 33.4 Å². The molecule has 1 N–H and O–H groups in total. The summed E-state index contributed by atoms with van der Waals surface area (Å²) in [4.78, 5) is 25.2. The van der Waals surface area contributed by atoms with Crippen molar-refractivity contribution in [1.29, 1.82) is 0 Å². The van der Waals surface area contributed by atoms with Crippen LogP contribution in [0, 0.1) is 13.8 Å². The van der Waals surface area contributed by atoms with Crippen LogP contribution >= 0.6 is 23.2 Å². The second-order valence-corrected chi connectivity index (χ2v) is 10.5. The van der Waals surface area contributed by atoms with E-state index in [4.69, 9.17) is 27.9 Å². The molecular formula is C25H24Cl2N2O5S. The van der Waals surface area contributed by atoms with Crippen molar-refractivity contribution in [3.05, 3.63) is 87.4 Å². The Kier molecular flexibility index (Phi) is 8.43. The van der Waals surface area contributed by atoms with Crippen molar-refractivity contribution in [3.8, 4) is 0 Å². The molecule has 0 fully saturated rings. The van der Waals surface area contributed by atoms with Gasteiger partial charge in [-0.3, -0.25) is 9.10 Å². The Hall–Kier alpha value is -3.07. The van der Waals surface area contributed by atoms with Gasteiger partial charge < -0.3 is 10.1 Å². The summed E-state index contributed by atoms with van der Waals surface area (Å²) < 4.78 is 33.0. The second kappa shape index (κ2) is 11.1. The SMILES string of the molecule is CCOC(=O)c1ccc(C)c(NC(=O)CN(c2cc(Cl)cc(Cl)c2)S(=O)(=O)c2ccc(C)cc2)c1. The molecule has 35 heavy (non-hydrogen) atoms. The average Bonchev–Trinajstić information content (AvgIpc) is 2.78. The number of carbonyl (C=O) groups excluding carboxylic acids is 2. The monoisotopic (exact) mass is 534 g/mol. The Labute approximate surface area is 214 Å². The molecule has 3 aromatic carbocycles. The number of nitrogens with zero attached hydrogens (tertiary/aromatic N) is 1. The molecule has 3 aromatic rings. The number of hydrogen-bond donors (Lipinski definition) is 1. The molecule has 0 spiro atoms. The zero-order valence-corrected chi connectivity index (χ0v) is 21.7. The Morgan fingerprint density at radius 1 is 0.943 bits per heavy atom. The number of anilines is 2. The van der Waals surface area contributed by atoms with Gasteiger partial charge in [-0.25, -0.2) is 13.2 Å². The molecule has 0 heterocycles. The van der Waals surface area contributed by atoms with Gasteiger partial charge in [-0.05, 0) is 68.8 Å². The highest BCUT2D eigenvalue weighted by Gasteiger charge is 2.28. The highest BCUT2D eigenvalue weighted by atomic mass is 35.5. The number of ether oxygens (including phenoxy) is 1. The Morgan fingerprint density at radius 3 is 2.17 bits per heavy atom. The van der Waals surface area contributed by atoms with Gasteiger partial charge >= 0.3 is 5.97 Å². The van der Waals surface area contributed by atoms with E-state index >= 15 is 0 Å². The Morgan fingerprint density at radius 2 is 1.57 bits per heavy atom. The van der Waals surface area contributed by atoms with Crippen LogP contribution in [0.3, 0.4) is 0 Å². The van der Waals surface area contributed by atoms with E-state index in [1.165, 1.54) is 36.4 Å². The quantitative estimate of drug-likeness (QED) is 0.378. The summed E-state index contributed by atoms with van der Waals surface area (Å²) in [6.07, 6.45) is 0. The lowest BCUT2D eigenvalue weighted by Gasteiger charge is -2.25. The summed E-state index contributed by atoms with van der Waals surface area (Å²) in [6, 6.07) is 15.3. The number of carbonyl (C=O) groups is 2. The maximum absolute atomic E-state index is 13.5. The summed E-state index contributed by atoms with van der Waals surface area (Å²) in [6.45, 7) is 4.94. The third-order valence-electron chi connectivity index (χ3n) is 5.05. The number of hydrogen-bond acceptors (Lipinski definition) is 5. The first-order valence-electron chi connectivity index (χ1n) is 10.6. The molecule has 0 atom stereocenters. The Bertz CT molecular complexity index is 1340. The minimum atomic E-state index is -4.15. The number of halogens is 2. The van der Waals surface area contributed by atoms with Crippen LogP contribution in [0.2, 0.25) is 10.0 Å². The molecule has 184 valence electrons. The number of aryl methyl sites for hydroxylation is 2. The predicted molar refractivity (Wildman–Crippen MR) is 138 cm³/mol. The Balaban J connectivity index is 1.97. The molecule has 0 saturated heterocycles. The van der Waals surface area contributed by atoms with E-state index in [2.05, 4.69) is 5.32 Å². The molecule has 0 saturated carbocycles. The average molecular weight is 535 g/mol. The van der Waals surface area contributed by atoms with Crippen LogP contribution in [0.15, 0.2) is 65.6 Å². The number of rotatable bonds is 8. The summed E-state index contributed by atoms with van der Waals surface area (Å²) in [5.41, 5.74) is 2.33. The van der Waals surface area contributed by atoms with E-state index < -0.39 is 28.4 Å². The number of nitrogens with one attached hydrogen (secondary N) is 1. The lowest BCUT2D eigenvalue weighted by molar-refractivity contribution is -0.114. The first kappa shape index (κ1) is 26.5. The minimum Gasteiger partial charge on any atom is -0.462 e. The number of esters is 1. The van der Waals surface area contributed by atoms with Crippen molar-refractivity contribution in [3.63, 3.8) is 0 Å². The van der Waals surface area contributed by atoms with Gasteiger partial charge in [0.05, 0.1) is 22.8 Å². The molecule has 0 unspecified atom stereocenters. The van der Waals surface area contributed by atoms with E-state index in [9.17, 15) is 18.0 Å². The van der Waals surface area contributed by atoms with Crippen molar-refractivity contribution in [2.24, 2.45) is 0 Å². The summed E-state index contributed by atoms with van der Waals surface area (Å²) in [5.74, 6) is -1.15. The summed E-state index contributed by atoms with van der Waals surface area (Å²) >= 11 is 12.2. The van der Waals surface area contributed by atoms with E-state index in [0.29, 0.717) is 11.3 Å². The van der Waals surface area contributed by atoms with Gasteiger partial charge in [0.15, 0.2) is 0 Å². The van der Waals surface area contributed by atoms with E-state index in [0.717, 1.165) is 9.87 Å². The molecule has 7 nitrogen and oxygen atoms in total. The molecule has 0 aromatic heterocycles. The summed E-state index contributed by atoms with van der Waals surface area (Å²) in [7, 11) is -4.15. The van der Waals surface area contributed by atoms with E-state index in [1.807, 2.05) is 6.92 Å². The smallest absolute Gasteiger partial charge is 0.338 e. The zero-order chi connectivity index (χ0) is 25.8. The van der Waals surface area contributed by atoms with Crippen LogP contribution in [0.25, 0.3) is 0 Å². The third kappa shape index (κ3) is 6.54. The predicted octanol–water partition coefficient (Wildman–Crippen LogP) is 5.62. The molecule has 0 aliphatic carbocycles. The fourth-order valence-corrected chi connectivity index (χ4v) is 5.17. The molecule has 0 aliphatic heterocycles. The second-order valence-electron chi connectivity index (χ2n) is 7.75. The first-order chi connectivity index (χ1) is 16.5. The molecular weight excluding hydrogens is 511 g/mol. The van der Waals surface area contributed by atoms with Gasteiger partial charge in [0.2, 0.25) is 5.91 Å². The maximum Gasteiger partial charge on any atom is 0.338 e. The van der Waals surface area contributed by atoms with Crippen molar-refractivity contribution in [2.45, 2.75) is 25.7 Å². The molecule has 3 rings (SSSR count). The van der Waals surface area contributed by atoms with Crippen molar-refractivity contribution >= 4 is 56.5 Å². The minimum absolute atomic E-state index is 0.00693. The van der Waals surface area contributed by atoms with E-state index in [1.54, 1.807) is 38.1 Å². The van der Waals surface area contributed by atoms with Crippen LogP contribution in [0.4, 0.5) is 11.4 Å². The van der Waals surface area contributed by atoms with Gasteiger partial charge in [0.1, 0.15) is 6.54 Å². The van der Waals surface area contributed by atoms with Crippen LogP contribution in [-0.2, 0) is 19.6 Å². The molecule has 0 bridgehead atoms. The molecule has 1 amide bonds. The lowest BCUT2D eigenvalue weighted by Crippen LogP contribution is -2.38. The largest absolute Gasteiger partial charge is 0.462 e. The number of amides is 1. The van der Waals surface area contributed by atoms with Crippen LogP contribution < -0.4 is 9.62 Å². The highest BCUT2D eigenvalue weighted by molar-refractivity contribution is 7.92. The zero-order valence-electron chi connectivity index (χ0n) is 19.3. The molecule has 0 aliphatic rings. The highest BCUT2D eigenvalue weighted by Crippen LogP contribution is 2.30. The first-order valence-corrected chi connectivity index (χ1v) is 12.8. The molecule has 0 radical (unpaired) electrons. The fraction of sp³-hybridized carbons (Fsp3) is 0.200. The van der Waals surface area contributed by atoms with Crippen LogP contribution in [0.5, 0.6) is 0 Å². The standard InChI is InChI=1S/C25H24Cl2N2O5S/c1-4-34-25(31)18-8-7-17(3)23(11-18)28-24(30)15-29(21-13-19(26)12-20(27)14-21)35(32,33)22-9-5-16(2)6-10-22/h5-14H,4,15H2,1-3H3,(H,28,30). The third-order valence-corrected chi connectivity index (χ3v) is 7.28. The molecule has 10 heteroatoms. The number of benzene rings is 3. The van der Waals surface area contributed by atoms with Gasteiger partial charge in [-0.15, -0.1) is 0 Å². The lowest BCUT2D eigenvalue weighted by atomic mass is 10.1. The fourth-order valence-electron chi connectivity index (χ4n) is 3.25. The summed E-state index contributed by atoms with van der Waals surface area (Å²) in [5, 5.41) is 3.13. The van der Waals surface area contributed by atoms with Gasteiger partial charge in [0.25, 0.3) is 10.0 Å². The number of sulfonamides is 1. The van der Waals surface area contributed by atoms with Crippen molar-refractivity contribution in [2.75, 3.05) is 22.8 Å². The maximum atomic E-state index is 13.5. The normalized spacial score (nSPS) is 11.1. The van der Waals surface area contributed by atoms with E-state index in [-0.39, 0.29) is 32.8 Å². The van der Waals surface area contributed by atoms with Gasteiger partial charge in [-0.2, -0.15) is 0 Å². The van der Waals surface area contributed by atoms with Gasteiger partial charge in [0, 0.05) is 15.7 Å². The van der Waals surface area contributed by atoms with Crippen molar-refractivity contribution in [1.82, 2.24) is 0 Å².